The molecule has 1 aliphatic carbocycles. The molecular formula is C26H28F2. The minimum atomic E-state index is -0.776. The molecule has 0 aromatic heterocycles. The summed E-state index contributed by atoms with van der Waals surface area (Å²) < 4.78 is 27.0. The first-order valence-corrected chi connectivity index (χ1v) is 10.6. The second-order valence-electron chi connectivity index (χ2n) is 8.27. The van der Waals surface area contributed by atoms with E-state index in [1.54, 1.807) is 0 Å². The van der Waals surface area contributed by atoms with Crippen LogP contribution in [0.25, 0.3) is 10.8 Å². The molecule has 0 aliphatic heterocycles. The van der Waals surface area contributed by atoms with Crippen molar-refractivity contribution in [2.24, 2.45) is 0 Å². The predicted octanol–water partition coefficient (Wildman–Crippen LogP) is 7.90. The van der Waals surface area contributed by atoms with E-state index in [1.807, 2.05) is 12.1 Å². The van der Waals surface area contributed by atoms with Crippen LogP contribution in [-0.4, -0.2) is 0 Å². The number of halogens is 2. The molecule has 3 aromatic rings. The first-order chi connectivity index (χ1) is 13.6. The van der Waals surface area contributed by atoms with Gasteiger partial charge in [-0.05, 0) is 90.0 Å². The molecule has 2 heteroatoms. The third-order valence-corrected chi connectivity index (χ3v) is 6.37. The number of hydrogen-bond acceptors (Lipinski definition) is 0. The Bertz CT molecular complexity index is 935. The highest BCUT2D eigenvalue weighted by molar-refractivity contribution is 5.83. The topological polar surface area (TPSA) is 0 Å². The third kappa shape index (κ3) is 4.11. The zero-order chi connectivity index (χ0) is 19.5. The molecule has 0 atom stereocenters. The van der Waals surface area contributed by atoms with Crippen LogP contribution < -0.4 is 0 Å². The van der Waals surface area contributed by atoms with E-state index in [0.717, 1.165) is 23.6 Å². The fourth-order valence-electron chi connectivity index (χ4n) is 4.61. The number of hydrogen-bond donors (Lipinski definition) is 0. The van der Waals surface area contributed by atoms with Gasteiger partial charge in [0.2, 0.25) is 0 Å². The second-order valence-corrected chi connectivity index (χ2v) is 8.27. The maximum Gasteiger partial charge on any atom is 0.159 e. The molecular weight excluding hydrogens is 350 g/mol. The molecule has 0 spiro atoms. The summed E-state index contributed by atoms with van der Waals surface area (Å²) in [5.74, 6) is -0.390. The Kier molecular flexibility index (Phi) is 5.75. The van der Waals surface area contributed by atoms with Gasteiger partial charge >= 0.3 is 0 Å². The first kappa shape index (κ1) is 19.1. The van der Waals surface area contributed by atoms with E-state index in [-0.39, 0.29) is 0 Å². The standard InChI is InChI=1S/C26H28F2/c1-2-3-4-18-5-7-19(8-6-18)20-9-11-21(12-10-20)22-13-14-23-16-25(27)26(28)17-24(23)15-22/h5-8,13-17,20-21H,2-4,9-12H2,1H3. The highest BCUT2D eigenvalue weighted by atomic mass is 19.2. The van der Waals surface area contributed by atoms with Gasteiger partial charge in [0.15, 0.2) is 11.6 Å². The molecule has 1 fully saturated rings. The Morgan fingerprint density at radius 1 is 0.714 bits per heavy atom. The average molecular weight is 379 g/mol. The van der Waals surface area contributed by atoms with Crippen LogP contribution in [0.4, 0.5) is 8.78 Å². The van der Waals surface area contributed by atoms with E-state index in [4.69, 9.17) is 0 Å². The molecule has 0 unspecified atom stereocenters. The van der Waals surface area contributed by atoms with Gasteiger partial charge in [-0.25, -0.2) is 8.78 Å². The molecule has 4 rings (SSSR count). The molecule has 146 valence electrons. The van der Waals surface area contributed by atoms with Crippen molar-refractivity contribution >= 4 is 10.8 Å². The number of benzene rings is 3. The normalized spacial score (nSPS) is 19.8. The maximum absolute atomic E-state index is 13.6. The molecule has 0 N–H and O–H groups in total. The van der Waals surface area contributed by atoms with Crippen LogP contribution >= 0.6 is 0 Å². The molecule has 0 heterocycles. The molecule has 0 amide bonds. The van der Waals surface area contributed by atoms with Gasteiger partial charge in [-0.1, -0.05) is 55.8 Å². The van der Waals surface area contributed by atoms with Crippen molar-refractivity contribution in [2.45, 2.75) is 63.7 Å². The predicted molar refractivity (Wildman–Crippen MR) is 113 cm³/mol. The van der Waals surface area contributed by atoms with Gasteiger partial charge in [-0.15, -0.1) is 0 Å². The van der Waals surface area contributed by atoms with Crippen LogP contribution in [0.5, 0.6) is 0 Å². The molecule has 0 bridgehead atoms. The van der Waals surface area contributed by atoms with Crippen LogP contribution in [0, 0.1) is 11.6 Å². The number of rotatable bonds is 5. The molecule has 28 heavy (non-hydrogen) atoms. The van der Waals surface area contributed by atoms with Crippen molar-refractivity contribution in [3.63, 3.8) is 0 Å². The SMILES string of the molecule is CCCCc1ccc(C2CCC(c3ccc4cc(F)c(F)cc4c3)CC2)cc1. The minimum Gasteiger partial charge on any atom is -0.204 e. The highest BCUT2D eigenvalue weighted by Gasteiger charge is 2.23. The Labute approximate surface area is 166 Å². The van der Waals surface area contributed by atoms with Gasteiger partial charge in [0.25, 0.3) is 0 Å². The summed E-state index contributed by atoms with van der Waals surface area (Å²) in [5, 5.41) is 1.56. The van der Waals surface area contributed by atoms with Gasteiger partial charge in [-0.3, -0.25) is 0 Å². The number of unbranched alkanes of at least 4 members (excludes halogenated alkanes) is 1. The van der Waals surface area contributed by atoms with Gasteiger partial charge in [0, 0.05) is 0 Å². The monoisotopic (exact) mass is 378 g/mol. The van der Waals surface area contributed by atoms with Crippen molar-refractivity contribution in [2.75, 3.05) is 0 Å². The minimum absolute atomic E-state index is 0.512. The van der Waals surface area contributed by atoms with Crippen LogP contribution in [-0.2, 0) is 6.42 Å². The van der Waals surface area contributed by atoms with Gasteiger partial charge < -0.3 is 0 Å². The van der Waals surface area contributed by atoms with E-state index in [1.165, 1.54) is 60.9 Å². The van der Waals surface area contributed by atoms with Gasteiger partial charge in [-0.2, -0.15) is 0 Å². The molecule has 1 aliphatic rings. The fourth-order valence-corrected chi connectivity index (χ4v) is 4.61. The van der Waals surface area contributed by atoms with Gasteiger partial charge in [0.1, 0.15) is 0 Å². The average Bonchev–Trinajstić information content (AvgIpc) is 2.73. The summed E-state index contributed by atoms with van der Waals surface area (Å²) in [6, 6.07) is 17.9. The largest absolute Gasteiger partial charge is 0.204 e. The fraction of sp³-hybridized carbons (Fsp3) is 0.385. The van der Waals surface area contributed by atoms with E-state index in [0.29, 0.717) is 11.8 Å². The number of fused-ring (bicyclic) bond motifs is 1. The molecule has 1 saturated carbocycles. The van der Waals surface area contributed by atoms with E-state index in [2.05, 4.69) is 37.3 Å². The number of aryl methyl sites for hydroxylation is 1. The quantitative estimate of drug-likeness (QED) is 0.423. The van der Waals surface area contributed by atoms with Crippen molar-refractivity contribution in [3.8, 4) is 0 Å². The van der Waals surface area contributed by atoms with Crippen LogP contribution in [0.15, 0.2) is 54.6 Å². The van der Waals surface area contributed by atoms with Crippen LogP contribution in [0.1, 0.15) is 74.0 Å². The van der Waals surface area contributed by atoms with Crippen molar-refractivity contribution in [1.82, 2.24) is 0 Å². The molecule has 0 nitrogen and oxygen atoms in total. The Hall–Kier alpha value is -2.22. The summed E-state index contributed by atoms with van der Waals surface area (Å²) in [6.45, 7) is 2.23. The maximum atomic E-state index is 13.6. The summed E-state index contributed by atoms with van der Waals surface area (Å²) in [7, 11) is 0. The second kappa shape index (κ2) is 8.43. The Balaban J connectivity index is 1.42. The lowest BCUT2D eigenvalue weighted by Crippen LogP contribution is -2.12. The van der Waals surface area contributed by atoms with Crippen molar-refractivity contribution in [3.05, 3.63) is 82.9 Å². The molecule has 0 saturated heterocycles. The smallest absolute Gasteiger partial charge is 0.159 e. The molecule has 3 aromatic carbocycles. The van der Waals surface area contributed by atoms with E-state index >= 15 is 0 Å². The first-order valence-electron chi connectivity index (χ1n) is 10.6. The van der Waals surface area contributed by atoms with Crippen LogP contribution in [0.2, 0.25) is 0 Å². The lowest BCUT2D eigenvalue weighted by atomic mass is 9.76. The summed E-state index contributed by atoms with van der Waals surface area (Å²) >= 11 is 0. The van der Waals surface area contributed by atoms with E-state index < -0.39 is 11.6 Å². The van der Waals surface area contributed by atoms with E-state index in [9.17, 15) is 8.78 Å². The highest BCUT2D eigenvalue weighted by Crippen LogP contribution is 2.41. The van der Waals surface area contributed by atoms with Crippen molar-refractivity contribution in [1.29, 1.82) is 0 Å². The third-order valence-electron chi connectivity index (χ3n) is 6.37. The summed E-state index contributed by atoms with van der Waals surface area (Å²) in [5.41, 5.74) is 4.17. The lowest BCUT2D eigenvalue weighted by Gasteiger charge is -2.29. The zero-order valence-electron chi connectivity index (χ0n) is 16.6. The summed E-state index contributed by atoms with van der Waals surface area (Å²) in [4.78, 5) is 0. The molecule has 0 radical (unpaired) electrons. The van der Waals surface area contributed by atoms with Gasteiger partial charge in [0.05, 0.1) is 0 Å². The van der Waals surface area contributed by atoms with Crippen LogP contribution in [0.3, 0.4) is 0 Å². The Morgan fingerprint density at radius 2 is 1.29 bits per heavy atom. The van der Waals surface area contributed by atoms with Crippen molar-refractivity contribution < 1.29 is 8.78 Å². The summed E-state index contributed by atoms with van der Waals surface area (Å²) in [6.07, 6.45) is 8.35. The lowest BCUT2D eigenvalue weighted by molar-refractivity contribution is 0.396. The zero-order valence-corrected chi connectivity index (χ0v) is 16.6. The Morgan fingerprint density at radius 3 is 1.93 bits per heavy atom.